The molecular weight excluding hydrogens is 200 g/mol. The molecule has 0 radical (unpaired) electrons. The molecule has 4 heteroatoms. The minimum atomic E-state index is 0.507. The van der Waals surface area contributed by atoms with Crippen molar-refractivity contribution in [3.63, 3.8) is 0 Å². The molecule has 1 fully saturated rings. The second-order valence-electron chi connectivity index (χ2n) is 5.52. The van der Waals surface area contributed by atoms with Crippen molar-refractivity contribution in [3.8, 4) is 0 Å². The third kappa shape index (κ3) is 4.84. The molecule has 0 saturated heterocycles. The van der Waals surface area contributed by atoms with Crippen molar-refractivity contribution in [3.05, 3.63) is 0 Å². The van der Waals surface area contributed by atoms with Crippen molar-refractivity contribution in [1.29, 1.82) is 0 Å². The zero-order chi connectivity index (χ0) is 12.1. The second-order valence-corrected chi connectivity index (χ2v) is 5.52. The van der Waals surface area contributed by atoms with Crippen LogP contribution < -0.4 is 11.3 Å². The van der Waals surface area contributed by atoms with Gasteiger partial charge >= 0.3 is 0 Å². The molecule has 0 spiro atoms. The topological polar surface area (TPSA) is 53.6 Å². The molecule has 0 bridgehead atoms. The molecule has 1 saturated carbocycles. The van der Waals surface area contributed by atoms with Crippen LogP contribution in [-0.4, -0.2) is 30.0 Å². The van der Waals surface area contributed by atoms with Gasteiger partial charge in [-0.3, -0.25) is 5.43 Å². The van der Waals surface area contributed by atoms with Gasteiger partial charge < -0.3 is 4.90 Å². The average Bonchev–Trinajstić information content (AvgIpc) is 2.95. The van der Waals surface area contributed by atoms with Crippen LogP contribution in [0.4, 0.5) is 0 Å². The van der Waals surface area contributed by atoms with E-state index in [0.717, 1.165) is 19.0 Å². The fourth-order valence-corrected chi connectivity index (χ4v) is 1.72. The van der Waals surface area contributed by atoms with E-state index in [1.807, 2.05) is 0 Å². The number of hydrogen-bond donors (Lipinski definition) is 2. The lowest BCUT2D eigenvalue weighted by Gasteiger charge is -2.28. The van der Waals surface area contributed by atoms with E-state index in [9.17, 15) is 0 Å². The Kier molecular flexibility index (Phi) is 5.06. The first kappa shape index (κ1) is 13.3. The number of rotatable bonds is 5. The molecule has 4 nitrogen and oxygen atoms in total. The molecule has 0 aromatic heterocycles. The van der Waals surface area contributed by atoms with Crippen molar-refractivity contribution in [2.45, 2.75) is 46.6 Å². The van der Waals surface area contributed by atoms with E-state index in [1.54, 1.807) is 0 Å². The maximum Gasteiger partial charge on any atom is 0.208 e. The minimum absolute atomic E-state index is 0.507. The number of hydrogen-bond acceptors (Lipinski definition) is 2. The highest BCUT2D eigenvalue weighted by Gasteiger charge is 2.23. The summed E-state index contributed by atoms with van der Waals surface area (Å²) in [5.74, 6) is 7.69. The predicted molar refractivity (Wildman–Crippen MR) is 69.0 cm³/mol. The summed E-state index contributed by atoms with van der Waals surface area (Å²) < 4.78 is 0. The molecule has 0 atom stereocenters. The Morgan fingerprint density at radius 1 is 1.25 bits per heavy atom. The molecule has 0 aromatic carbocycles. The fourth-order valence-electron chi connectivity index (χ4n) is 1.72. The number of guanidine groups is 1. The van der Waals surface area contributed by atoms with Crippen LogP contribution >= 0.6 is 0 Å². The summed E-state index contributed by atoms with van der Waals surface area (Å²) in [6.45, 7) is 10.9. The van der Waals surface area contributed by atoms with Gasteiger partial charge in [0.15, 0.2) is 0 Å². The Balaban J connectivity index is 2.62. The summed E-state index contributed by atoms with van der Waals surface area (Å²) in [5.41, 5.74) is 2.76. The number of hydrazine groups is 1. The molecule has 1 aliphatic carbocycles. The van der Waals surface area contributed by atoms with Crippen molar-refractivity contribution in [1.82, 2.24) is 10.3 Å². The normalized spacial score (nSPS) is 17.1. The molecule has 0 unspecified atom stereocenters. The lowest BCUT2D eigenvalue weighted by atomic mass is 10.1. The third-order valence-electron chi connectivity index (χ3n) is 2.45. The summed E-state index contributed by atoms with van der Waals surface area (Å²) in [6.07, 6.45) is 2.42. The Labute approximate surface area is 99.3 Å². The zero-order valence-corrected chi connectivity index (χ0v) is 11.0. The summed E-state index contributed by atoms with van der Waals surface area (Å²) in [4.78, 5) is 6.89. The first-order valence-corrected chi connectivity index (χ1v) is 6.32. The molecule has 1 rings (SSSR count). The van der Waals surface area contributed by atoms with Gasteiger partial charge in [0, 0.05) is 13.1 Å². The van der Waals surface area contributed by atoms with E-state index in [2.05, 4.69) is 43.0 Å². The summed E-state index contributed by atoms with van der Waals surface area (Å²) >= 11 is 0. The maximum atomic E-state index is 5.58. The molecule has 0 aromatic rings. The first-order valence-electron chi connectivity index (χ1n) is 6.32. The molecule has 0 amide bonds. The fraction of sp³-hybridized carbons (Fsp3) is 0.917. The van der Waals surface area contributed by atoms with E-state index >= 15 is 0 Å². The van der Waals surface area contributed by atoms with E-state index in [4.69, 9.17) is 5.84 Å². The molecule has 0 aliphatic heterocycles. The minimum Gasteiger partial charge on any atom is -0.341 e. The molecule has 16 heavy (non-hydrogen) atoms. The van der Waals surface area contributed by atoms with Crippen molar-refractivity contribution in [2.24, 2.45) is 22.7 Å². The van der Waals surface area contributed by atoms with Gasteiger partial charge in [-0.05, 0) is 24.7 Å². The van der Waals surface area contributed by atoms with Crippen LogP contribution in [0.1, 0.15) is 40.5 Å². The molecule has 1 aliphatic rings. The van der Waals surface area contributed by atoms with Crippen molar-refractivity contribution < 1.29 is 0 Å². The smallest absolute Gasteiger partial charge is 0.208 e. The van der Waals surface area contributed by atoms with Crippen molar-refractivity contribution >= 4 is 5.96 Å². The highest BCUT2D eigenvalue weighted by Crippen LogP contribution is 2.23. The Morgan fingerprint density at radius 2 is 1.75 bits per heavy atom. The molecule has 94 valence electrons. The van der Waals surface area contributed by atoms with Gasteiger partial charge in [-0.25, -0.2) is 10.8 Å². The van der Waals surface area contributed by atoms with Crippen LogP contribution in [0, 0.1) is 11.8 Å². The van der Waals surface area contributed by atoms with Crippen LogP contribution in [0.5, 0.6) is 0 Å². The van der Waals surface area contributed by atoms with Gasteiger partial charge in [-0.2, -0.15) is 0 Å². The van der Waals surface area contributed by atoms with Crippen molar-refractivity contribution in [2.75, 3.05) is 13.1 Å². The van der Waals surface area contributed by atoms with Crippen LogP contribution in [0.25, 0.3) is 0 Å². The standard InChI is InChI=1S/C12H26N4/c1-9(2)7-16(8-10(3)4)12(15-13)14-11-5-6-11/h9-11H,5-8,13H2,1-4H3,(H,14,15). The SMILES string of the molecule is CC(C)CN(CC(C)C)C(=NC1CC1)NN. The number of nitrogens with one attached hydrogen (secondary N) is 1. The molecule has 3 N–H and O–H groups in total. The van der Waals surface area contributed by atoms with E-state index < -0.39 is 0 Å². The van der Waals surface area contributed by atoms with Crippen LogP contribution in [0.3, 0.4) is 0 Å². The number of nitrogens with zero attached hydrogens (tertiary/aromatic N) is 2. The van der Waals surface area contributed by atoms with Gasteiger partial charge in [0.1, 0.15) is 0 Å². The van der Waals surface area contributed by atoms with E-state index in [0.29, 0.717) is 17.9 Å². The average molecular weight is 226 g/mol. The van der Waals surface area contributed by atoms with E-state index in [1.165, 1.54) is 12.8 Å². The highest BCUT2D eigenvalue weighted by atomic mass is 15.4. The van der Waals surface area contributed by atoms with Gasteiger partial charge in [0.2, 0.25) is 5.96 Å². The van der Waals surface area contributed by atoms with Gasteiger partial charge in [-0.15, -0.1) is 0 Å². The lowest BCUT2D eigenvalue weighted by Crippen LogP contribution is -2.47. The number of nitrogens with two attached hydrogens (primary N) is 1. The van der Waals surface area contributed by atoms with E-state index in [-0.39, 0.29) is 0 Å². The Hall–Kier alpha value is -0.770. The maximum absolute atomic E-state index is 5.58. The summed E-state index contributed by atoms with van der Waals surface area (Å²) in [6, 6.07) is 0.507. The number of aliphatic imine (C=N–C) groups is 1. The predicted octanol–water partition coefficient (Wildman–Crippen LogP) is 1.58. The second kappa shape index (κ2) is 6.09. The Bertz CT molecular complexity index is 221. The highest BCUT2D eigenvalue weighted by molar-refractivity contribution is 5.79. The summed E-state index contributed by atoms with van der Waals surface area (Å²) in [5, 5.41) is 0. The van der Waals surface area contributed by atoms with Gasteiger partial charge in [0.25, 0.3) is 0 Å². The molecule has 0 heterocycles. The van der Waals surface area contributed by atoms with Crippen LogP contribution in [0.2, 0.25) is 0 Å². The largest absolute Gasteiger partial charge is 0.341 e. The van der Waals surface area contributed by atoms with Crippen LogP contribution in [0.15, 0.2) is 4.99 Å². The molecular formula is C12H26N4. The quantitative estimate of drug-likeness (QED) is 0.324. The van der Waals surface area contributed by atoms with Crippen LogP contribution in [-0.2, 0) is 0 Å². The lowest BCUT2D eigenvalue weighted by molar-refractivity contribution is 0.318. The first-order chi connectivity index (χ1) is 7.52. The van der Waals surface area contributed by atoms with Gasteiger partial charge in [-0.1, -0.05) is 27.7 Å². The third-order valence-corrected chi connectivity index (χ3v) is 2.45. The summed E-state index contributed by atoms with van der Waals surface area (Å²) in [7, 11) is 0. The monoisotopic (exact) mass is 226 g/mol. The Morgan fingerprint density at radius 3 is 2.06 bits per heavy atom. The zero-order valence-electron chi connectivity index (χ0n) is 11.0. The van der Waals surface area contributed by atoms with Gasteiger partial charge in [0.05, 0.1) is 6.04 Å².